The van der Waals surface area contributed by atoms with Crippen LogP contribution in [0.15, 0.2) is 60.7 Å². The zero-order valence-corrected chi connectivity index (χ0v) is 15.3. The molecule has 2 N–H and O–H groups in total. The molecular formula is C22H14F4N2O2. The van der Waals surface area contributed by atoms with Gasteiger partial charge in [-0.3, -0.25) is 9.59 Å². The third kappa shape index (κ3) is 3.76. The van der Waals surface area contributed by atoms with Gasteiger partial charge in [-0.1, -0.05) is 18.2 Å². The van der Waals surface area contributed by atoms with Crippen molar-refractivity contribution >= 4 is 23.2 Å². The Morgan fingerprint density at radius 2 is 1.73 bits per heavy atom. The van der Waals surface area contributed by atoms with E-state index in [1.807, 2.05) is 0 Å². The zero-order valence-electron chi connectivity index (χ0n) is 15.3. The highest BCUT2D eigenvalue weighted by molar-refractivity contribution is 6.07. The molecule has 1 aliphatic heterocycles. The summed E-state index contributed by atoms with van der Waals surface area (Å²) in [5.41, 5.74) is 0.694. The summed E-state index contributed by atoms with van der Waals surface area (Å²) in [4.78, 5) is 24.4. The minimum absolute atomic E-state index is 0.101. The van der Waals surface area contributed by atoms with Crippen LogP contribution in [0.1, 0.15) is 21.5 Å². The van der Waals surface area contributed by atoms with Crippen molar-refractivity contribution in [1.29, 1.82) is 0 Å². The van der Waals surface area contributed by atoms with Crippen molar-refractivity contribution in [2.75, 3.05) is 10.6 Å². The number of fused-ring (bicyclic) bond motifs is 1. The highest BCUT2D eigenvalue weighted by atomic mass is 19.4. The Morgan fingerprint density at radius 1 is 1.00 bits per heavy atom. The highest BCUT2D eigenvalue weighted by Crippen LogP contribution is 2.38. The van der Waals surface area contributed by atoms with Gasteiger partial charge in [-0.05, 0) is 59.2 Å². The Kier molecular flexibility index (Phi) is 4.77. The molecule has 0 fully saturated rings. The third-order valence-electron chi connectivity index (χ3n) is 4.77. The highest BCUT2D eigenvalue weighted by Gasteiger charge is 2.35. The van der Waals surface area contributed by atoms with E-state index in [2.05, 4.69) is 10.6 Å². The standard InChI is InChI=1S/C22H14F4N2O2/c23-13-5-7-14(8-6-13)27-21(30)17-10-12(4-9-18(17)22(24,25)26)15-2-1-3-19-16(15)11-20(29)28-19/h1-10H,11H2,(H,27,30)(H,28,29). The first-order chi connectivity index (χ1) is 14.2. The fourth-order valence-electron chi connectivity index (χ4n) is 3.40. The lowest BCUT2D eigenvalue weighted by Crippen LogP contribution is -2.19. The number of benzene rings is 3. The van der Waals surface area contributed by atoms with Gasteiger partial charge >= 0.3 is 6.18 Å². The molecule has 0 radical (unpaired) electrons. The molecule has 3 aromatic rings. The van der Waals surface area contributed by atoms with Gasteiger partial charge in [-0.2, -0.15) is 13.2 Å². The predicted molar refractivity (Wildman–Crippen MR) is 104 cm³/mol. The molecule has 0 spiro atoms. The summed E-state index contributed by atoms with van der Waals surface area (Å²) in [5.74, 6) is -1.72. The normalized spacial score (nSPS) is 13.0. The molecule has 0 saturated heterocycles. The van der Waals surface area contributed by atoms with E-state index in [1.54, 1.807) is 18.2 Å². The van der Waals surface area contributed by atoms with Gasteiger partial charge in [0, 0.05) is 11.4 Å². The van der Waals surface area contributed by atoms with Crippen LogP contribution in [0.2, 0.25) is 0 Å². The summed E-state index contributed by atoms with van der Waals surface area (Å²) in [6, 6.07) is 13.0. The molecule has 2 amide bonds. The average Bonchev–Trinajstić information content (AvgIpc) is 3.08. The van der Waals surface area contributed by atoms with E-state index in [0.29, 0.717) is 22.4 Å². The van der Waals surface area contributed by atoms with Crippen molar-refractivity contribution in [3.8, 4) is 11.1 Å². The van der Waals surface area contributed by atoms with Gasteiger partial charge in [-0.25, -0.2) is 4.39 Å². The number of nitrogens with one attached hydrogen (secondary N) is 2. The minimum Gasteiger partial charge on any atom is -0.326 e. The maximum Gasteiger partial charge on any atom is 0.417 e. The first-order valence-corrected chi connectivity index (χ1v) is 8.92. The number of rotatable bonds is 3. The van der Waals surface area contributed by atoms with Crippen LogP contribution in [0, 0.1) is 5.82 Å². The lowest BCUT2D eigenvalue weighted by atomic mass is 9.94. The number of carbonyl (C=O) groups is 2. The maximum absolute atomic E-state index is 13.5. The summed E-state index contributed by atoms with van der Waals surface area (Å²) in [7, 11) is 0. The molecule has 0 bridgehead atoms. The Labute approximate surface area is 168 Å². The van der Waals surface area contributed by atoms with Gasteiger partial charge in [0.05, 0.1) is 17.5 Å². The van der Waals surface area contributed by atoms with Crippen LogP contribution < -0.4 is 10.6 Å². The fraction of sp³-hybridized carbons (Fsp3) is 0.0909. The van der Waals surface area contributed by atoms with E-state index < -0.39 is 29.0 Å². The molecule has 3 aromatic carbocycles. The lowest BCUT2D eigenvalue weighted by Gasteiger charge is -2.16. The molecule has 152 valence electrons. The van der Waals surface area contributed by atoms with Crippen LogP contribution in [0.25, 0.3) is 11.1 Å². The molecule has 30 heavy (non-hydrogen) atoms. The monoisotopic (exact) mass is 414 g/mol. The van der Waals surface area contributed by atoms with E-state index in [9.17, 15) is 27.2 Å². The zero-order chi connectivity index (χ0) is 21.5. The van der Waals surface area contributed by atoms with Crippen LogP contribution in [-0.4, -0.2) is 11.8 Å². The number of hydrogen-bond acceptors (Lipinski definition) is 2. The molecule has 0 saturated carbocycles. The quantitative estimate of drug-likeness (QED) is 0.575. The largest absolute Gasteiger partial charge is 0.417 e. The lowest BCUT2D eigenvalue weighted by molar-refractivity contribution is -0.137. The molecule has 0 aliphatic carbocycles. The van der Waals surface area contributed by atoms with Crippen LogP contribution in [0.4, 0.5) is 28.9 Å². The first-order valence-electron chi connectivity index (χ1n) is 8.92. The van der Waals surface area contributed by atoms with Crippen molar-refractivity contribution < 1.29 is 27.2 Å². The number of alkyl halides is 3. The molecule has 0 atom stereocenters. The first kappa shape index (κ1) is 19.6. The molecule has 0 aromatic heterocycles. The molecule has 4 rings (SSSR count). The number of carbonyl (C=O) groups excluding carboxylic acids is 2. The smallest absolute Gasteiger partial charge is 0.326 e. The summed E-state index contributed by atoms with van der Waals surface area (Å²) in [5, 5.41) is 5.05. The molecule has 4 nitrogen and oxygen atoms in total. The van der Waals surface area contributed by atoms with E-state index >= 15 is 0 Å². The van der Waals surface area contributed by atoms with Crippen molar-refractivity contribution in [1.82, 2.24) is 0 Å². The maximum atomic E-state index is 13.5. The SMILES string of the molecule is O=C1Cc2c(cccc2-c2ccc(C(F)(F)F)c(C(=O)Nc3ccc(F)cc3)c2)N1. The van der Waals surface area contributed by atoms with Crippen molar-refractivity contribution in [2.45, 2.75) is 12.6 Å². The van der Waals surface area contributed by atoms with Crippen LogP contribution >= 0.6 is 0 Å². The Bertz CT molecular complexity index is 1150. The Balaban J connectivity index is 1.77. The number of anilines is 2. The van der Waals surface area contributed by atoms with Gasteiger partial charge in [0.15, 0.2) is 0 Å². The molecule has 1 heterocycles. The third-order valence-corrected chi connectivity index (χ3v) is 4.77. The van der Waals surface area contributed by atoms with Crippen molar-refractivity contribution in [2.24, 2.45) is 0 Å². The average molecular weight is 414 g/mol. The fourth-order valence-corrected chi connectivity index (χ4v) is 3.40. The summed E-state index contributed by atoms with van der Waals surface area (Å²) in [6.07, 6.45) is -4.65. The van der Waals surface area contributed by atoms with E-state index in [-0.39, 0.29) is 18.0 Å². The van der Waals surface area contributed by atoms with E-state index in [1.165, 1.54) is 18.2 Å². The predicted octanol–water partition coefficient (Wildman–Crippen LogP) is 5.26. The van der Waals surface area contributed by atoms with Gasteiger partial charge in [-0.15, -0.1) is 0 Å². The van der Waals surface area contributed by atoms with Gasteiger partial charge < -0.3 is 10.6 Å². The summed E-state index contributed by atoms with van der Waals surface area (Å²) in [6.45, 7) is 0. The Hall–Kier alpha value is -3.68. The van der Waals surface area contributed by atoms with E-state index in [0.717, 1.165) is 24.3 Å². The summed E-state index contributed by atoms with van der Waals surface area (Å²) >= 11 is 0. The molecular weight excluding hydrogens is 400 g/mol. The van der Waals surface area contributed by atoms with Crippen molar-refractivity contribution in [3.05, 3.63) is 83.2 Å². The van der Waals surface area contributed by atoms with Crippen LogP contribution in [0.3, 0.4) is 0 Å². The molecule has 1 aliphatic rings. The van der Waals surface area contributed by atoms with Crippen LogP contribution in [-0.2, 0) is 17.4 Å². The second-order valence-electron chi connectivity index (χ2n) is 6.78. The van der Waals surface area contributed by atoms with Crippen molar-refractivity contribution in [3.63, 3.8) is 0 Å². The molecule has 8 heteroatoms. The van der Waals surface area contributed by atoms with Gasteiger partial charge in [0.1, 0.15) is 5.82 Å². The second kappa shape index (κ2) is 7.29. The van der Waals surface area contributed by atoms with E-state index in [4.69, 9.17) is 0 Å². The number of hydrogen-bond donors (Lipinski definition) is 2. The van der Waals surface area contributed by atoms with Crippen LogP contribution in [0.5, 0.6) is 0 Å². The number of halogens is 4. The minimum atomic E-state index is -4.75. The summed E-state index contributed by atoms with van der Waals surface area (Å²) < 4.78 is 53.6. The Morgan fingerprint density at radius 3 is 2.43 bits per heavy atom. The topological polar surface area (TPSA) is 58.2 Å². The number of amides is 2. The van der Waals surface area contributed by atoms with Gasteiger partial charge in [0.25, 0.3) is 5.91 Å². The van der Waals surface area contributed by atoms with Gasteiger partial charge in [0.2, 0.25) is 5.91 Å². The second-order valence-corrected chi connectivity index (χ2v) is 6.78. The molecule has 0 unspecified atom stereocenters.